The van der Waals surface area contributed by atoms with Crippen LogP contribution in [0.25, 0.3) is 0 Å². The summed E-state index contributed by atoms with van der Waals surface area (Å²) in [7, 11) is -3.65. The lowest BCUT2D eigenvalue weighted by atomic mass is 10.2. The molecule has 2 amide bonds. The van der Waals surface area contributed by atoms with Crippen molar-refractivity contribution in [2.24, 2.45) is 0 Å². The van der Waals surface area contributed by atoms with Crippen molar-refractivity contribution in [3.63, 3.8) is 0 Å². The van der Waals surface area contributed by atoms with Gasteiger partial charge in [0.25, 0.3) is 5.24 Å². The Morgan fingerprint density at radius 3 is 2.67 bits per heavy atom. The predicted octanol–water partition coefficient (Wildman–Crippen LogP) is 1.73. The van der Waals surface area contributed by atoms with Crippen LogP contribution >= 0.6 is 27.7 Å². The standard InChI is InChI=1S/C12H13BrN2O4S2/c1-8-6-9(2-3-10(8)13)21(18,19)14-4-5-15-11(16)7-20-12(15)17/h2-3,6,14H,4-5,7H2,1H3. The molecule has 0 bridgehead atoms. The van der Waals surface area contributed by atoms with Crippen LogP contribution < -0.4 is 4.72 Å². The lowest BCUT2D eigenvalue weighted by Crippen LogP contribution is -2.37. The molecule has 1 fully saturated rings. The molecule has 0 unspecified atom stereocenters. The van der Waals surface area contributed by atoms with Gasteiger partial charge in [-0.25, -0.2) is 13.1 Å². The highest BCUT2D eigenvalue weighted by molar-refractivity contribution is 9.10. The van der Waals surface area contributed by atoms with Crippen molar-refractivity contribution in [3.8, 4) is 0 Å². The minimum atomic E-state index is -3.65. The van der Waals surface area contributed by atoms with Gasteiger partial charge in [-0.1, -0.05) is 27.7 Å². The summed E-state index contributed by atoms with van der Waals surface area (Å²) in [5.41, 5.74) is 0.805. The van der Waals surface area contributed by atoms with E-state index in [2.05, 4.69) is 20.7 Å². The fourth-order valence-electron chi connectivity index (χ4n) is 1.76. The van der Waals surface area contributed by atoms with Gasteiger partial charge in [0.2, 0.25) is 15.9 Å². The van der Waals surface area contributed by atoms with Crippen LogP contribution in [0.3, 0.4) is 0 Å². The molecule has 1 N–H and O–H groups in total. The van der Waals surface area contributed by atoms with E-state index in [1.54, 1.807) is 19.1 Å². The average Bonchev–Trinajstić information content (AvgIpc) is 2.73. The number of halogens is 1. The first-order valence-corrected chi connectivity index (χ1v) is 9.30. The molecule has 1 aromatic rings. The van der Waals surface area contributed by atoms with E-state index < -0.39 is 10.0 Å². The molecule has 1 saturated heterocycles. The first-order valence-electron chi connectivity index (χ1n) is 6.04. The molecular formula is C12H13BrN2O4S2. The number of benzene rings is 1. The van der Waals surface area contributed by atoms with Gasteiger partial charge < -0.3 is 0 Å². The van der Waals surface area contributed by atoms with Crippen molar-refractivity contribution in [2.75, 3.05) is 18.8 Å². The minimum absolute atomic E-state index is 0.00448. The molecule has 0 radical (unpaired) electrons. The van der Waals surface area contributed by atoms with Crippen molar-refractivity contribution in [1.29, 1.82) is 0 Å². The highest BCUT2D eigenvalue weighted by Gasteiger charge is 2.29. The molecular weight excluding hydrogens is 380 g/mol. The Bertz CT molecular complexity index is 674. The Morgan fingerprint density at radius 2 is 2.10 bits per heavy atom. The maximum Gasteiger partial charge on any atom is 0.288 e. The second-order valence-electron chi connectivity index (χ2n) is 4.41. The van der Waals surface area contributed by atoms with E-state index in [1.165, 1.54) is 6.07 Å². The Kier molecular flexibility index (Phi) is 5.07. The number of nitrogens with one attached hydrogen (secondary N) is 1. The fourth-order valence-corrected chi connectivity index (χ4v) is 3.86. The van der Waals surface area contributed by atoms with Gasteiger partial charge in [0.05, 0.1) is 10.6 Å². The summed E-state index contributed by atoms with van der Waals surface area (Å²) in [6.07, 6.45) is 0. The summed E-state index contributed by atoms with van der Waals surface area (Å²) in [6, 6.07) is 4.70. The number of hydrogen-bond acceptors (Lipinski definition) is 5. The Morgan fingerprint density at radius 1 is 1.38 bits per heavy atom. The zero-order chi connectivity index (χ0) is 15.6. The van der Waals surface area contributed by atoms with E-state index in [4.69, 9.17) is 0 Å². The summed E-state index contributed by atoms with van der Waals surface area (Å²) in [4.78, 5) is 24.0. The second-order valence-corrected chi connectivity index (χ2v) is 7.96. The third kappa shape index (κ3) is 3.85. The van der Waals surface area contributed by atoms with Crippen LogP contribution in [0.15, 0.2) is 27.6 Å². The van der Waals surface area contributed by atoms with Crippen molar-refractivity contribution in [2.45, 2.75) is 11.8 Å². The monoisotopic (exact) mass is 392 g/mol. The maximum absolute atomic E-state index is 12.1. The molecule has 0 saturated carbocycles. The number of imide groups is 1. The SMILES string of the molecule is Cc1cc(S(=O)(=O)NCCN2C(=O)CSC2=O)ccc1Br. The number of amides is 2. The molecule has 0 spiro atoms. The van der Waals surface area contributed by atoms with Crippen LogP contribution in [0.4, 0.5) is 4.79 Å². The summed E-state index contributed by atoms with van der Waals surface area (Å²) in [5, 5.41) is -0.335. The maximum atomic E-state index is 12.1. The van der Waals surface area contributed by atoms with Gasteiger partial charge in [-0.15, -0.1) is 0 Å². The zero-order valence-corrected chi connectivity index (χ0v) is 14.3. The molecule has 0 aromatic heterocycles. The summed E-state index contributed by atoms with van der Waals surface area (Å²) in [5.74, 6) is -0.166. The predicted molar refractivity (Wildman–Crippen MR) is 83.6 cm³/mol. The van der Waals surface area contributed by atoms with Gasteiger partial charge in [0.15, 0.2) is 0 Å². The van der Waals surface area contributed by atoms with Gasteiger partial charge in [-0.05, 0) is 30.7 Å². The summed E-state index contributed by atoms with van der Waals surface area (Å²) < 4.78 is 27.4. The number of carbonyl (C=O) groups excluding carboxylic acids is 2. The zero-order valence-electron chi connectivity index (χ0n) is 11.1. The molecule has 9 heteroatoms. The number of carbonyl (C=O) groups is 2. The van der Waals surface area contributed by atoms with E-state index in [-0.39, 0.29) is 34.9 Å². The van der Waals surface area contributed by atoms with Gasteiger partial charge in [0, 0.05) is 17.6 Å². The van der Waals surface area contributed by atoms with Crippen LogP contribution in [0.5, 0.6) is 0 Å². The van der Waals surface area contributed by atoms with E-state index in [9.17, 15) is 18.0 Å². The van der Waals surface area contributed by atoms with Crippen LogP contribution in [0.1, 0.15) is 5.56 Å². The number of nitrogens with zero attached hydrogens (tertiary/aromatic N) is 1. The third-order valence-electron chi connectivity index (χ3n) is 2.91. The normalized spacial score (nSPS) is 15.8. The van der Waals surface area contributed by atoms with Gasteiger partial charge in [-0.2, -0.15) is 0 Å². The highest BCUT2D eigenvalue weighted by Crippen LogP contribution is 2.20. The Hall–Kier alpha value is -0.900. The molecule has 21 heavy (non-hydrogen) atoms. The van der Waals surface area contributed by atoms with E-state index in [1.807, 2.05) is 0 Å². The molecule has 6 nitrogen and oxygen atoms in total. The van der Waals surface area contributed by atoms with Crippen LogP contribution in [-0.4, -0.2) is 43.3 Å². The molecule has 0 aliphatic carbocycles. The largest absolute Gasteiger partial charge is 0.288 e. The highest BCUT2D eigenvalue weighted by atomic mass is 79.9. The smallest absolute Gasteiger partial charge is 0.273 e. The molecule has 1 aromatic carbocycles. The Labute approximate surface area is 135 Å². The van der Waals surface area contributed by atoms with Crippen molar-refractivity contribution in [1.82, 2.24) is 9.62 Å². The number of thioether (sulfide) groups is 1. The van der Waals surface area contributed by atoms with E-state index in [0.717, 1.165) is 26.7 Å². The number of rotatable bonds is 5. The van der Waals surface area contributed by atoms with Gasteiger partial charge in [0.1, 0.15) is 0 Å². The van der Waals surface area contributed by atoms with Crippen molar-refractivity contribution >= 4 is 48.9 Å². The summed E-state index contributed by atoms with van der Waals surface area (Å²) >= 11 is 4.23. The summed E-state index contributed by atoms with van der Waals surface area (Å²) in [6.45, 7) is 1.83. The second kappa shape index (κ2) is 6.47. The van der Waals surface area contributed by atoms with Crippen LogP contribution in [0.2, 0.25) is 0 Å². The van der Waals surface area contributed by atoms with Gasteiger partial charge in [-0.3, -0.25) is 14.5 Å². The topological polar surface area (TPSA) is 83.6 Å². The molecule has 114 valence electrons. The third-order valence-corrected chi connectivity index (χ3v) is 6.11. The van der Waals surface area contributed by atoms with Crippen LogP contribution in [0, 0.1) is 6.92 Å². The van der Waals surface area contributed by atoms with Crippen LogP contribution in [-0.2, 0) is 14.8 Å². The fraction of sp³-hybridized carbons (Fsp3) is 0.333. The minimum Gasteiger partial charge on any atom is -0.273 e. The number of sulfonamides is 1. The average molecular weight is 393 g/mol. The first-order chi connectivity index (χ1) is 9.81. The first kappa shape index (κ1) is 16.5. The molecule has 2 rings (SSSR count). The molecule has 1 heterocycles. The van der Waals surface area contributed by atoms with E-state index >= 15 is 0 Å². The molecule has 1 aliphatic heterocycles. The number of hydrogen-bond donors (Lipinski definition) is 1. The molecule has 1 aliphatic rings. The lowest BCUT2D eigenvalue weighted by molar-refractivity contribution is -0.124. The number of aryl methyl sites for hydroxylation is 1. The van der Waals surface area contributed by atoms with E-state index in [0.29, 0.717) is 0 Å². The van der Waals surface area contributed by atoms with Crippen molar-refractivity contribution in [3.05, 3.63) is 28.2 Å². The Balaban J connectivity index is 2.00. The van der Waals surface area contributed by atoms with Gasteiger partial charge >= 0.3 is 0 Å². The quantitative estimate of drug-likeness (QED) is 0.824. The molecule has 0 atom stereocenters. The lowest BCUT2D eigenvalue weighted by Gasteiger charge is -2.13. The van der Waals surface area contributed by atoms with Crippen molar-refractivity contribution < 1.29 is 18.0 Å².